The molecule has 0 bridgehead atoms. The molecule has 16 heavy (non-hydrogen) atoms. The minimum Gasteiger partial charge on any atom is -0.469 e. The maximum absolute atomic E-state index is 11.0. The Bertz CT molecular complexity index is 212. The molecular weight excluding hydrogens is 202 g/mol. The highest BCUT2D eigenvalue weighted by Crippen LogP contribution is 2.27. The predicted molar refractivity (Wildman–Crippen MR) is 65.3 cm³/mol. The first-order chi connectivity index (χ1) is 7.63. The zero-order valence-electron chi connectivity index (χ0n) is 10.9. The summed E-state index contributed by atoms with van der Waals surface area (Å²) in [4.78, 5) is 13.5. The van der Waals surface area contributed by atoms with Gasteiger partial charge in [0.15, 0.2) is 0 Å². The molecule has 0 aliphatic heterocycles. The topological polar surface area (TPSA) is 29.5 Å². The zero-order chi connectivity index (χ0) is 12.0. The van der Waals surface area contributed by atoms with Gasteiger partial charge in [-0.1, -0.05) is 13.8 Å². The van der Waals surface area contributed by atoms with E-state index in [-0.39, 0.29) is 5.97 Å². The van der Waals surface area contributed by atoms with E-state index in [0.717, 1.165) is 24.9 Å². The smallest absolute Gasteiger partial charge is 0.305 e. The summed E-state index contributed by atoms with van der Waals surface area (Å²) in [5.74, 6) is 0.682. The third kappa shape index (κ3) is 5.50. The van der Waals surface area contributed by atoms with Crippen molar-refractivity contribution in [2.45, 2.75) is 52.0 Å². The molecule has 1 aliphatic rings. The minimum absolute atomic E-state index is 0.0837. The summed E-state index contributed by atoms with van der Waals surface area (Å²) in [5.41, 5.74) is 0. The predicted octanol–water partition coefficient (Wildman–Crippen LogP) is 2.45. The van der Waals surface area contributed by atoms with Gasteiger partial charge in [-0.2, -0.15) is 0 Å². The summed E-state index contributed by atoms with van der Waals surface area (Å²) < 4.78 is 4.65. The highest BCUT2D eigenvalue weighted by molar-refractivity contribution is 5.69. The summed E-state index contributed by atoms with van der Waals surface area (Å²) >= 11 is 0. The first-order valence-electron chi connectivity index (χ1n) is 6.44. The molecule has 0 heterocycles. The maximum atomic E-state index is 11.0. The Morgan fingerprint density at radius 2 is 2.06 bits per heavy atom. The van der Waals surface area contributed by atoms with Crippen LogP contribution in [0.3, 0.4) is 0 Å². The van der Waals surface area contributed by atoms with Crippen LogP contribution in [0.4, 0.5) is 0 Å². The van der Waals surface area contributed by atoms with Crippen LogP contribution >= 0.6 is 0 Å². The molecule has 94 valence electrons. The largest absolute Gasteiger partial charge is 0.469 e. The number of methoxy groups -OCH3 is 1. The van der Waals surface area contributed by atoms with Gasteiger partial charge in [-0.3, -0.25) is 4.79 Å². The number of carbonyl (C=O) groups excluding carboxylic acids is 1. The second-order valence-corrected chi connectivity index (χ2v) is 5.13. The molecule has 0 spiro atoms. The summed E-state index contributed by atoms with van der Waals surface area (Å²) in [7, 11) is 1.46. The Morgan fingerprint density at radius 1 is 1.38 bits per heavy atom. The van der Waals surface area contributed by atoms with E-state index in [1.54, 1.807) is 0 Å². The normalized spacial score (nSPS) is 15.8. The summed E-state index contributed by atoms with van der Waals surface area (Å²) in [6.07, 6.45) is 5.43. The SMILES string of the molecule is COC(=O)CCCN(CCC(C)C)C1CC1. The zero-order valence-corrected chi connectivity index (χ0v) is 10.9. The van der Waals surface area contributed by atoms with Crippen molar-refractivity contribution in [1.82, 2.24) is 4.90 Å². The van der Waals surface area contributed by atoms with Gasteiger partial charge in [0.05, 0.1) is 7.11 Å². The van der Waals surface area contributed by atoms with Gasteiger partial charge >= 0.3 is 5.97 Å². The molecule has 0 atom stereocenters. The Labute approximate surface area is 99.1 Å². The van der Waals surface area contributed by atoms with Gasteiger partial charge in [0.25, 0.3) is 0 Å². The number of carbonyl (C=O) groups is 1. The quantitative estimate of drug-likeness (QED) is 0.597. The molecule has 3 nitrogen and oxygen atoms in total. The molecular formula is C13H25NO2. The Balaban J connectivity index is 2.15. The molecule has 1 rings (SSSR count). The number of hydrogen-bond acceptors (Lipinski definition) is 3. The van der Waals surface area contributed by atoms with Crippen LogP contribution in [0.2, 0.25) is 0 Å². The maximum Gasteiger partial charge on any atom is 0.305 e. The van der Waals surface area contributed by atoms with Crippen molar-refractivity contribution >= 4 is 5.97 Å². The number of esters is 1. The Hall–Kier alpha value is -0.570. The van der Waals surface area contributed by atoms with Gasteiger partial charge in [0.2, 0.25) is 0 Å². The van der Waals surface area contributed by atoms with E-state index < -0.39 is 0 Å². The molecule has 0 N–H and O–H groups in total. The van der Waals surface area contributed by atoms with Gasteiger partial charge in [0, 0.05) is 12.5 Å². The van der Waals surface area contributed by atoms with Crippen LogP contribution in [-0.2, 0) is 9.53 Å². The van der Waals surface area contributed by atoms with Crippen molar-refractivity contribution in [3.8, 4) is 0 Å². The van der Waals surface area contributed by atoms with Gasteiger partial charge in [-0.25, -0.2) is 0 Å². The molecule has 1 aliphatic carbocycles. The van der Waals surface area contributed by atoms with E-state index in [4.69, 9.17) is 0 Å². The van der Waals surface area contributed by atoms with Crippen molar-refractivity contribution in [2.75, 3.05) is 20.2 Å². The van der Waals surface area contributed by atoms with E-state index in [2.05, 4.69) is 23.5 Å². The van der Waals surface area contributed by atoms with Crippen molar-refractivity contribution in [1.29, 1.82) is 0 Å². The highest BCUT2D eigenvalue weighted by atomic mass is 16.5. The van der Waals surface area contributed by atoms with Crippen LogP contribution in [0, 0.1) is 5.92 Å². The van der Waals surface area contributed by atoms with Gasteiger partial charge in [-0.05, 0) is 44.7 Å². The van der Waals surface area contributed by atoms with E-state index in [9.17, 15) is 4.79 Å². The molecule has 0 aromatic carbocycles. The fourth-order valence-electron chi connectivity index (χ4n) is 1.87. The lowest BCUT2D eigenvalue weighted by Gasteiger charge is -2.22. The van der Waals surface area contributed by atoms with Crippen LogP contribution in [0.25, 0.3) is 0 Å². The molecule has 1 saturated carbocycles. The number of hydrogen-bond donors (Lipinski definition) is 0. The van der Waals surface area contributed by atoms with Crippen LogP contribution < -0.4 is 0 Å². The average molecular weight is 227 g/mol. The fraction of sp³-hybridized carbons (Fsp3) is 0.923. The van der Waals surface area contributed by atoms with Crippen LogP contribution in [-0.4, -0.2) is 37.1 Å². The van der Waals surface area contributed by atoms with Gasteiger partial charge in [-0.15, -0.1) is 0 Å². The number of ether oxygens (including phenoxy) is 1. The van der Waals surface area contributed by atoms with E-state index in [1.165, 1.54) is 32.9 Å². The van der Waals surface area contributed by atoms with Crippen LogP contribution in [0.5, 0.6) is 0 Å². The van der Waals surface area contributed by atoms with Crippen molar-refractivity contribution < 1.29 is 9.53 Å². The number of rotatable bonds is 8. The van der Waals surface area contributed by atoms with Crippen molar-refractivity contribution in [3.63, 3.8) is 0 Å². The first-order valence-corrected chi connectivity index (χ1v) is 6.44. The average Bonchev–Trinajstić information content (AvgIpc) is 3.06. The minimum atomic E-state index is -0.0837. The molecule has 0 saturated heterocycles. The molecule has 0 aromatic heterocycles. The third-order valence-corrected chi connectivity index (χ3v) is 3.11. The molecule has 0 amide bonds. The van der Waals surface area contributed by atoms with Crippen LogP contribution in [0.1, 0.15) is 46.0 Å². The standard InChI is InChI=1S/C13H25NO2/c1-11(2)8-10-14(12-6-7-12)9-4-5-13(15)16-3/h11-12H,4-10H2,1-3H3. The Kier molecular flexibility index (Phi) is 5.81. The summed E-state index contributed by atoms with van der Waals surface area (Å²) in [5, 5.41) is 0. The van der Waals surface area contributed by atoms with Gasteiger partial charge in [0.1, 0.15) is 0 Å². The first kappa shape index (κ1) is 13.5. The van der Waals surface area contributed by atoms with Crippen molar-refractivity contribution in [2.24, 2.45) is 5.92 Å². The Morgan fingerprint density at radius 3 is 2.56 bits per heavy atom. The monoisotopic (exact) mass is 227 g/mol. The molecule has 0 radical (unpaired) electrons. The van der Waals surface area contributed by atoms with E-state index in [0.29, 0.717) is 6.42 Å². The summed E-state index contributed by atoms with van der Waals surface area (Å²) in [6, 6.07) is 0.802. The van der Waals surface area contributed by atoms with E-state index >= 15 is 0 Å². The molecule has 0 aromatic rings. The van der Waals surface area contributed by atoms with Gasteiger partial charge < -0.3 is 9.64 Å². The van der Waals surface area contributed by atoms with E-state index in [1.807, 2.05) is 0 Å². The number of nitrogens with zero attached hydrogens (tertiary/aromatic N) is 1. The fourth-order valence-corrected chi connectivity index (χ4v) is 1.87. The van der Waals surface area contributed by atoms with Crippen molar-refractivity contribution in [3.05, 3.63) is 0 Å². The lowest BCUT2D eigenvalue weighted by Crippen LogP contribution is -2.29. The van der Waals surface area contributed by atoms with Crippen LogP contribution in [0.15, 0.2) is 0 Å². The molecule has 1 fully saturated rings. The lowest BCUT2D eigenvalue weighted by atomic mass is 10.1. The second kappa shape index (κ2) is 6.89. The highest BCUT2D eigenvalue weighted by Gasteiger charge is 2.28. The third-order valence-electron chi connectivity index (χ3n) is 3.11. The second-order valence-electron chi connectivity index (χ2n) is 5.13. The summed E-state index contributed by atoms with van der Waals surface area (Å²) in [6.45, 7) is 6.76. The molecule has 0 unspecified atom stereocenters. The lowest BCUT2D eigenvalue weighted by molar-refractivity contribution is -0.140. The molecule has 3 heteroatoms.